The Bertz CT molecular complexity index is 495. The standard InChI is InChI=1S/C15H18Br2O3S/c16-12-5-10(8-18)6-13(17)14(12)20-11-1-3-19-15(7-11)2-4-21-9-15/h5-6,11,18H,1-4,7-9H2. The van der Waals surface area contributed by atoms with Crippen LogP contribution in [0.5, 0.6) is 5.75 Å². The van der Waals surface area contributed by atoms with Crippen LogP contribution < -0.4 is 4.74 Å². The number of aliphatic hydroxyl groups excluding tert-OH is 1. The molecule has 0 radical (unpaired) electrons. The monoisotopic (exact) mass is 436 g/mol. The molecule has 21 heavy (non-hydrogen) atoms. The van der Waals surface area contributed by atoms with E-state index >= 15 is 0 Å². The zero-order chi connectivity index (χ0) is 14.9. The predicted octanol–water partition coefficient (Wildman–Crippen LogP) is 4.14. The Morgan fingerprint density at radius 1 is 1.38 bits per heavy atom. The zero-order valence-electron chi connectivity index (χ0n) is 11.6. The number of halogens is 2. The van der Waals surface area contributed by atoms with Gasteiger partial charge in [-0.15, -0.1) is 0 Å². The fourth-order valence-corrected chi connectivity index (χ4v) is 5.78. The quantitative estimate of drug-likeness (QED) is 0.771. The highest BCUT2D eigenvalue weighted by Gasteiger charge is 2.41. The molecule has 1 aromatic rings. The Morgan fingerprint density at radius 3 is 2.76 bits per heavy atom. The second-order valence-electron chi connectivity index (χ2n) is 5.61. The third-order valence-corrected chi connectivity index (χ3v) is 6.44. The fraction of sp³-hybridized carbons (Fsp3) is 0.600. The normalized spacial score (nSPS) is 29.0. The largest absolute Gasteiger partial charge is 0.488 e. The first kappa shape index (κ1) is 16.1. The van der Waals surface area contributed by atoms with E-state index in [4.69, 9.17) is 9.47 Å². The molecular weight excluding hydrogens is 420 g/mol. The average molecular weight is 438 g/mol. The van der Waals surface area contributed by atoms with Crippen molar-refractivity contribution in [3.05, 3.63) is 26.6 Å². The lowest BCUT2D eigenvalue weighted by molar-refractivity contribution is -0.0961. The molecule has 2 unspecified atom stereocenters. The molecule has 1 spiro atoms. The number of ether oxygens (including phenoxy) is 2. The topological polar surface area (TPSA) is 38.7 Å². The molecule has 0 aliphatic carbocycles. The van der Waals surface area contributed by atoms with Crippen LogP contribution in [0.15, 0.2) is 21.1 Å². The number of hydrogen-bond acceptors (Lipinski definition) is 4. The molecular formula is C15H18Br2O3S. The van der Waals surface area contributed by atoms with Gasteiger partial charge in [0.05, 0.1) is 27.8 Å². The number of rotatable bonds is 3. The van der Waals surface area contributed by atoms with Gasteiger partial charge in [0.2, 0.25) is 0 Å². The van der Waals surface area contributed by atoms with Gasteiger partial charge in [0.15, 0.2) is 0 Å². The van der Waals surface area contributed by atoms with E-state index in [1.165, 1.54) is 5.75 Å². The summed E-state index contributed by atoms with van der Waals surface area (Å²) in [5.41, 5.74) is 0.883. The summed E-state index contributed by atoms with van der Waals surface area (Å²) >= 11 is 9.05. The molecule has 2 saturated heterocycles. The van der Waals surface area contributed by atoms with Gasteiger partial charge in [-0.2, -0.15) is 11.8 Å². The highest BCUT2D eigenvalue weighted by Crippen LogP contribution is 2.41. The van der Waals surface area contributed by atoms with Crippen LogP contribution in [0.4, 0.5) is 0 Å². The lowest BCUT2D eigenvalue weighted by atomic mass is 9.91. The van der Waals surface area contributed by atoms with E-state index < -0.39 is 0 Å². The molecule has 2 aliphatic rings. The van der Waals surface area contributed by atoms with Crippen LogP contribution in [0.25, 0.3) is 0 Å². The van der Waals surface area contributed by atoms with Crippen molar-refractivity contribution in [1.29, 1.82) is 0 Å². The molecule has 0 saturated carbocycles. The van der Waals surface area contributed by atoms with E-state index in [9.17, 15) is 5.11 Å². The average Bonchev–Trinajstić information content (AvgIpc) is 2.90. The Hall–Kier alpha value is 0.250. The fourth-order valence-electron chi connectivity index (χ4n) is 2.93. The van der Waals surface area contributed by atoms with Crippen molar-refractivity contribution >= 4 is 43.6 Å². The maximum atomic E-state index is 9.24. The second kappa shape index (κ2) is 6.79. The van der Waals surface area contributed by atoms with Gasteiger partial charge in [-0.05, 0) is 61.7 Å². The van der Waals surface area contributed by atoms with Crippen LogP contribution in [-0.4, -0.2) is 34.9 Å². The van der Waals surface area contributed by atoms with E-state index in [0.717, 1.165) is 51.9 Å². The Balaban J connectivity index is 1.74. The summed E-state index contributed by atoms with van der Waals surface area (Å²) < 4.78 is 14.0. The molecule has 1 aromatic carbocycles. The van der Waals surface area contributed by atoms with E-state index in [1.807, 2.05) is 23.9 Å². The van der Waals surface area contributed by atoms with Crippen LogP contribution >= 0.6 is 43.6 Å². The summed E-state index contributed by atoms with van der Waals surface area (Å²) in [6.07, 6.45) is 3.20. The van der Waals surface area contributed by atoms with Gasteiger partial charge in [0.1, 0.15) is 11.9 Å². The van der Waals surface area contributed by atoms with Gasteiger partial charge in [0.25, 0.3) is 0 Å². The highest BCUT2D eigenvalue weighted by molar-refractivity contribution is 9.11. The summed E-state index contributed by atoms with van der Waals surface area (Å²) in [5.74, 6) is 3.09. The van der Waals surface area contributed by atoms with Crippen molar-refractivity contribution < 1.29 is 14.6 Å². The molecule has 2 atom stereocenters. The molecule has 6 heteroatoms. The van der Waals surface area contributed by atoms with E-state index in [0.29, 0.717) is 0 Å². The Kier molecular flexibility index (Phi) is 5.21. The maximum absolute atomic E-state index is 9.24. The number of aliphatic hydroxyl groups is 1. The van der Waals surface area contributed by atoms with Crippen molar-refractivity contribution in [3.8, 4) is 5.75 Å². The van der Waals surface area contributed by atoms with Crippen LogP contribution in [-0.2, 0) is 11.3 Å². The van der Waals surface area contributed by atoms with Gasteiger partial charge >= 0.3 is 0 Å². The van der Waals surface area contributed by atoms with Crippen LogP contribution in [0.1, 0.15) is 24.8 Å². The summed E-state index contributed by atoms with van der Waals surface area (Å²) in [4.78, 5) is 0. The molecule has 0 amide bonds. The first-order valence-electron chi connectivity index (χ1n) is 7.09. The minimum Gasteiger partial charge on any atom is -0.488 e. The highest BCUT2D eigenvalue weighted by atomic mass is 79.9. The lowest BCUT2D eigenvalue weighted by Gasteiger charge is -2.37. The molecule has 116 valence electrons. The molecule has 2 aliphatic heterocycles. The molecule has 3 rings (SSSR count). The van der Waals surface area contributed by atoms with Gasteiger partial charge in [-0.25, -0.2) is 0 Å². The molecule has 2 heterocycles. The molecule has 3 nitrogen and oxygen atoms in total. The van der Waals surface area contributed by atoms with Crippen molar-refractivity contribution in [3.63, 3.8) is 0 Å². The van der Waals surface area contributed by atoms with E-state index in [2.05, 4.69) is 31.9 Å². The summed E-state index contributed by atoms with van der Waals surface area (Å²) in [6.45, 7) is 0.796. The van der Waals surface area contributed by atoms with Gasteiger partial charge in [-0.1, -0.05) is 0 Å². The SMILES string of the molecule is OCc1cc(Br)c(OC2CCOC3(CCSC3)C2)c(Br)c1. The minimum absolute atomic E-state index is 0.0229. The van der Waals surface area contributed by atoms with Gasteiger partial charge in [-0.3, -0.25) is 0 Å². The summed E-state index contributed by atoms with van der Waals surface area (Å²) in [7, 11) is 0. The zero-order valence-corrected chi connectivity index (χ0v) is 15.6. The van der Waals surface area contributed by atoms with Crippen LogP contribution in [0.3, 0.4) is 0 Å². The van der Waals surface area contributed by atoms with Gasteiger partial charge < -0.3 is 14.6 Å². The third kappa shape index (κ3) is 3.61. The third-order valence-electron chi connectivity index (χ3n) is 4.04. The Labute approximate surface area is 146 Å². The first-order valence-corrected chi connectivity index (χ1v) is 9.83. The van der Waals surface area contributed by atoms with Crippen LogP contribution in [0, 0.1) is 0 Å². The maximum Gasteiger partial charge on any atom is 0.148 e. The number of thioether (sulfide) groups is 1. The number of benzene rings is 1. The van der Waals surface area contributed by atoms with E-state index in [1.54, 1.807) is 0 Å². The van der Waals surface area contributed by atoms with Crippen LogP contribution in [0.2, 0.25) is 0 Å². The van der Waals surface area contributed by atoms with Crippen molar-refractivity contribution in [1.82, 2.24) is 0 Å². The van der Waals surface area contributed by atoms with Gasteiger partial charge in [0, 0.05) is 18.6 Å². The summed E-state index contributed by atoms with van der Waals surface area (Å²) in [6, 6.07) is 3.81. The lowest BCUT2D eigenvalue weighted by Crippen LogP contribution is -2.43. The minimum atomic E-state index is 0.0229. The second-order valence-corrected chi connectivity index (χ2v) is 8.43. The summed E-state index contributed by atoms with van der Waals surface area (Å²) in [5, 5.41) is 9.24. The smallest absolute Gasteiger partial charge is 0.148 e. The molecule has 1 N–H and O–H groups in total. The Morgan fingerprint density at radius 2 is 2.14 bits per heavy atom. The predicted molar refractivity (Wildman–Crippen MR) is 92.0 cm³/mol. The van der Waals surface area contributed by atoms with E-state index in [-0.39, 0.29) is 18.3 Å². The van der Waals surface area contributed by atoms with Crippen molar-refractivity contribution in [2.75, 3.05) is 18.1 Å². The number of hydrogen-bond donors (Lipinski definition) is 1. The molecule has 2 fully saturated rings. The van der Waals surface area contributed by atoms with Crippen molar-refractivity contribution in [2.24, 2.45) is 0 Å². The first-order chi connectivity index (χ1) is 10.1. The molecule has 0 bridgehead atoms. The molecule has 0 aromatic heterocycles. The van der Waals surface area contributed by atoms with Crippen molar-refractivity contribution in [2.45, 2.75) is 37.6 Å².